The fourth-order valence-corrected chi connectivity index (χ4v) is 6.90. The number of benzene rings is 2. The number of piperidine rings is 2. The van der Waals surface area contributed by atoms with Gasteiger partial charge in [-0.2, -0.15) is 5.10 Å². The van der Waals surface area contributed by atoms with Gasteiger partial charge in [-0.25, -0.2) is 0 Å². The SMILES string of the molecule is COc1cc(N2CCC(CN3CCN(c4ccc(C5CCC(=O)NC5=O)c(OC)c4)CC3)CC2)c(-c2cnn(C)c2)cc1N. The first-order chi connectivity index (χ1) is 21.3. The van der Waals surface area contributed by atoms with Crippen LogP contribution in [0.3, 0.4) is 0 Å². The summed E-state index contributed by atoms with van der Waals surface area (Å²) >= 11 is 0. The van der Waals surface area contributed by atoms with Gasteiger partial charge >= 0.3 is 0 Å². The number of nitrogens with two attached hydrogens (primary N) is 1. The molecule has 1 aromatic heterocycles. The molecule has 0 saturated carbocycles. The van der Waals surface area contributed by atoms with E-state index in [0.29, 0.717) is 35.9 Å². The molecule has 0 spiro atoms. The van der Waals surface area contributed by atoms with Gasteiger partial charge in [0.25, 0.3) is 0 Å². The van der Waals surface area contributed by atoms with Crippen molar-refractivity contribution in [2.24, 2.45) is 13.0 Å². The fourth-order valence-electron chi connectivity index (χ4n) is 6.90. The topological polar surface area (TPSA) is 118 Å². The lowest BCUT2D eigenvalue weighted by Crippen LogP contribution is -2.49. The van der Waals surface area contributed by atoms with E-state index in [9.17, 15) is 9.59 Å². The van der Waals surface area contributed by atoms with E-state index < -0.39 is 0 Å². The quantitative estimate of drug-likeness (QED) is 0.296. The van der Waals surface area contributed by atoms with Crippen molar-refractivity contribution >= 4 is 28.9 Å². The van der Waals surface area contributed by atoms with Gasteiger partial charge in [0.2, 0.25) is 11.8 Å². The Kier molecular flexibility index (Phi) is 8.65. The van der Waals surface area contributed by atoms with Gasteiger partial charge in [-0.1, -0.05) is 6.07 Å². The van der Waals surface area contributed by atoms with Crippen molar-refractivity contribution in [1.82, 2.24) is 20.0 Å². The summed E-state index contributed by atoms with van der Waals surface area (Å²) in [6.07, 6.45) is 7.05. The van der Waals surface area contributed by atoms with Crippen LogP contribution in [-0.4, -0.2) is 86.5 Å². The minimum absolute atomic E-state index is 0.206. The second-order valence-electron chi connectivity index (χ2n) is 12.2. The van der Waals surface area contributed by atoms with Crippen molar-refractivity contribution in [1.29, 1.82) is 0 Å². The van der Waals surface area contributed by atoms with Crippen molar-refractivity contribution in [3.63, 3.8) is 0 Å². The summed E-state index contributed by atoms with van der Waals surface area (Å²) < 4.78 is 13.1. The van der Waals surface area contributed by atoms with Gasteiger partial charge < -0.3 is 25.0 Å². The Morgan fingerprint density at radius 2 is 1.68 bits per heavy atom. The van der Waals surface area contributed by atoms with E-state index in [1.165, 1.54) is 0 Å². The number of aryl methyl sites for hydroxylation is 1. The third-order valence-corrected chi connectivity index (χ3v) is 9.40. The number of nitrogen functional groups attached to an aromatic ring is 1. The lowest BCUT2D eigenvalue weighted by Gasteiger charge is -2.40. The molecule has 1 atom stereocenters. The van der Waals surface area contributed by atoms with Crippen LogP contribution in [-0.2, 0) is 16.6 Å². The molecular weight excluding hydrogens is 558 g/mol. The lowest BCUT2D eigenvalue weighted by atomic mass is 9.89. The molecule has 3 saturated heterocycles. The Hall–Kier alpha value is -4.25. The van der Waals surface area contributed by atoms with Crippen LogP contribution in [0.4, 0.5) is 17.1 Å². The average Bonchev–Trinajstić information content (AvgIpc) is 3.47. The molecule has 3 aromatic rings. The van der Waals surface area contributed by atoms with E-state index in [1.807, 2.05) is 42.3 Å². The van der Waals surface area contributed by atoms with E-state index in [-0.39, 0.29) is 17.7 Å². The van der Waals surface area contributed by atoms with Gasteiger partial charge in [0.15, 0.2) is 0 Å². The highest BCUT2D eigenvalue weighted by Gasteiger charge is 2.31. The number of carbonyl (C=O) groups excluding carboxylic acids is 2. The van der Waals surface area contributed by atoms with Gasteiger partial charge in [0.1, 0.15) is 11.5 Å². The summed E-state index contributed by atoms with van der Waals surface area (Å²) in [7, 11) is 5.23. The van der Waals surface area contributed by atoms with Crippen molar-refractivity contribution in [2.45, 2.75) is 31.6 Å². The van der Waals surface area contributed by atoms with E-state index in [4.69, 9.17) is 15.2 Å². The Balaban J connectivity index is 1.04. The summed E-state index contributed by atoms with van der Waals surface area (Å²) in [6, 6.07) is 10.2. The molecule has 0 radical (unpaired) electrons. The number of hydrogen-bond donors (Lipinski definition) is 2. The second-order valence-corrected chi connectivity index (χ2v) is 12.2. The van der Waals surface area contributed by atoms with Crippen LogP contribution in [0.2, 0.25) is 0 Å². The molecule has 3 aliphatic heterocycles. The van der Waals surface area contributed by atoms with Crippen LogP contribution in [0.5, 0.6) is 11.5 Å². The van der Waals surface area contributed by atoms with Gasteiger partial charge in [0, 0.05) is 106 Å². The first-order valence-electron chi connectivity index (χ1n) is 15.5. The van der Waals surface area contributed by atoms with E-state index in [2.05, 4.69) is 37.2 Å². The third-order valence-electron chi connectivity index (χ3n) is 9.40. The number of aromatic nitrogens is 2. The zero-order valence-corrected chi connectivity index (χ0v) is 25.9. The van der Waals surface area contributed by atoms with E-state index >= 15 is 0 Å². The number of rotatable bonds is 8. The van der Waals surface area contributed by atoms with Crippen LogP contribution in [0.1, 0.15) is 37.2 Å². The molecule has 0 bridgehead atoms. The smallest absolute Gasteiger partial charge is 0.234 e. The Labute approximate surface area is 258 Å². The third kappa shape index (κ3) is 6.19. The number of imide groups is 1. The summed E-state index contributed by atoms with van der Waals surface area (Å²) in [5.74, 6) is 1.26. The first-order valence-corrected chi connectivity index (χ1v) is 15.5. The minimum atomic E-state index is -0.357. The maximum absolute atomic E-state index is 12.4. The molecule has 2 amide bonds. The molecule has 44 heavy (non-hydrogen) atoms. The molecule has 234 valence electrons. The maximum atomic E-state index is 12.4. The summed E-state index contributed by atoms with van der Waals surface area (Å²) in [5, 5.41) is 6.83. The number of piperazine rings is 1. The number of anilines is 3. The highest BCUT2D eigenvalue weighted by molar-refractivity contribution is 6.01. The number of methoxy groups -OCH3 is 2. The molecule has 4 heterocycles. The van der Waals surface area contributed by atoms with Gasteiger partial charge in [-0.3, -0.25) is 24.5 Å². The fraction of sp³-hybridized carbons (Fsp3) is 0.485. The summed E-state index contributed by atoms with van der Waals surface area (Å²) in [6.45, 7) is 7.00. The van der Waals surface area contributed by atoms with Gasteiger partial charge in [-0.15, -0.1) is 0 Å². The number of nitrogens with zero attached hydrogens (tertiary/aromatic N) is 5. The van der Waals surface area contributed by atoms with Crippen molar-refractivity contribution in [2.75, 3.05) is 75.6 Å². The zero-order valence-electron chi connectivity index (χ0n) is 25.9. The molecule has 6 rings (SSSR count). The van der Waals surface area contributed by atoms with Gasteiger partial charge in [0.05, 0.1) is 32.0 Å². The molecule has 3 aliphatic rings. The number of carbonyl (C=O) groups is 2. The molecule has 11 heteroatoms. The standard InChI is InChI=1S/C33H43N7O4/c1-37-21-23(19-35-37)27-17-28(34)31(44-3)18-29(27)40-10-8-22(9-11-40)20-38-12-14-39(15-13-38)24-4-5-25(30(16-24)43-2)26-6-7-32(41)36-33(26)42/h4-5,16-19,21-22,26H,6-15,20,34H2,1-3H3,(H,36,41,42). The van der Waals surface area contributed by atoms with Crippen molar-refractivity contribution < 1.29 is 19.1 Å². The minimum Gasteiger partial charge on any atom is -0.496 e. The molecular formula is C33H43N7O4. The van der Waals surface area contributed by atoms with Gasteiger partial charge in [-0.05, 0) is 37.3 Å². The normalized spacial score (nSPS) is 20.1. The largest absolute Gasteiger partial charge is 0.496 e. The molecule has 1 unspecified atom stereocenters. The Morgan fingerprint density at radius 3 is 2.34 bits per heavy atom. The predicted molar refractivity (Wildman–Crippen MR) is 171 cm³/mol. The first kappa shape index (κ1) is 29.8. The number of nitrogens with one attached hydrogen (secondary N) is 1. The number of hydrogen-bond acceptors (Lipinski definition) is 9. The average molecular weight is 602 g/mol. The highest BCUT2D eigenvalue weighted by Crippen LogP contribution is 2.40. The Bertz CT molecular complexity index is 1510. The van der Waals surface area contributed by atoms with Crippen LogP contribution < -0.4 is 30.3 Å². The van der Waals surface area contributed by atoms with Crippen molar-refractivity contribution in [3.05, 3.63) is 48.3 Å². The molecule has 11 nitrogen and oxygen atoms in total. The zero-order chi connectivity index (χ0) is 30.8. The highest BCUT2D eigenvalue weighted by atomic mass is 16.5. The van der Waals surface area contributed by atoms with Crippen LogP contribution in [0, 0.1) is 5.92 Å². The molecule has 3 N–H and O–H groups in total. The van der Waals surface area contributed by atoms with Crippen LogP contribution in [0.25, 0.3) is 11.1 Å². The lowest BCUT2D eigenvalue weighted by molar-refractivity contribution is -0.134. The van der Waals surface area contributed by atoms with Crippen LogP contribution in [0.15, 0.2) is 42.7 Å². The predicted octanol–water partition coefficient (Wildman–Crippen LogP) is 3.25. The molecule has 0 aliphatic carbocycles. The number of ether oxygens (including phenoxy) is 2. The summed E-state index contributed by atoms with van der Waals surface area (Å²) in [5.41, 5.74) is 12.2. The van der Waals surface area contributed by atoms with Crippen molar-refractivity contribution in [3.8, 4) is 22.6 Å². The van der Waals surface area contributed by atoms with E-state index in [0.717, 1.165) is 86.7 Å². The van der Waals surface area contributed by atoms with Crippen LogP contribution >= 0.6 is 0 Å². The van der Waals surface area contributed by atoms with E-state index in [1.54, 1.807) is 14.2 Å². The number of amides is 2. The Morgan fingerprint density at radius 1 is 0.932 bits per heavy atom. The summed E-state index contributed by atoms with van der Waals surface area (Å²) in [4.78, 5) is 31.5. The monoisotopic (exact) mass is 601 g/mol. The maximum Gasteiger partial charge on any atom is 0.234 e. The second kappa shape index (κ2) is 12.8. The molecule has 2 aromatic carbocycles. The molecule has 3 fully saturated rings.